The zero-order valence-corrected chi connectivity index (χ0v) is 15.2. The number of hydrogen-bond donors (Lipinski definition) is 0. The Morgan fingerprint density at radius 1 is 1.42 bits per heavy atom. The largest absolute Gasteiger partial charge is 0.384 e. The number of carbonyl (C=O) groups is 2. The SMILES string of the molecule is COCCC(=O)N1CCC[C@@]2(CCN(Cc3csc(C)n3)C2=O)C1. The summed E-state index contributed by atoms with van der Waals surface area (Å²) in [5.41, 5.74) is 0.582. The van der Waals surface area contributed by atoms with Crippen LogP contribution in [0.4, 0.5) is 0 Å². The van der Waals surface area contributed by atoms with Gasteiger partial charge in [0.05, 0.1) is 35.7 Å². The molecule has 1 aromatic rings. The number of carbonyl (C=O) groups excluding carboxylic acids is 2. The van der Waals surface area contributed by atoms with E-state index in [2.05, 4.69) is 4.98 Å². The van der Waals surface area contributed by atoms with Crippen molar-refractivity contribution in [3.05, 3.63) is 16.1 Å². The fourth-order valence-electron chi connectivity index (χ4n) is 3.79. The van der Waals surface area contributed by atoms with Gasteiger partial charge in [0, 0.05) is 32.1 Å². The Balaban J connectivity index is 1.65. The predicted octanol–water partition coefficient (Wildman–Crippen LogP) is 1.83. The lowest BCUT2D eigenvalue weighted by atomic mass is 9.78. The maximum Gasteiger partial charge on any atom is 0.231 e. The number of aromatic nitrogens is 1. The molecular formula is C17H25N3O3S. The molecule has 2 aliphatic heterocycles. The van der Waals surface area contributed by atoms with Crippen LogP contribution in [-0.4, -0.2) is 59.9 Å². The smallest absolute Gasteiger partial charge is 0.231 e. The number of nitrogens with zero attached hydrogens (tertiary/aromatic N) is 3. The van der Waals surface area contributed by atoms with Crippen molar-refractivity contribution in [3.63, 3.8) is 0 Å². The van der Waals surface area contributed by atoms with Crippen LogP contribution in [0.2, 0.25) is 0 Å². The lowest BCUT2D eigenvalue weighted by molar-refractivity contribution is -0.144. The first kappa shape index (κ1) is 17.4. The highest BCUT2D eigenvalue weighted by Crippen LogP contribution is 2.40. The Labute approximate surface area is 146 Å². The summed E-state index contributed by atoms with van der Waals surface area (Å²) < 4.78 is 5.00. The molecule has 2 fully saturated rings. The van der Waals surface area contributed by atoms with Crippen LogP contribution in [0.1, 0.15) is 36.4 Å². The number of thiazole rings is 1. The van der Waals surface area contributed by atoms with Crippen molar-refractivity contribution in [2.45, 2.75) is 39.2 Å². The minimum absolute atomic E-state index is 0.0947. The summed E-state index contributed by atoms with van der Waals surface area (Å²) in [6.45, 7) is 5.07. The van der Waals surface area contributed by atoms with Gasteiger partial charge in [0.1, 0.15) is 0 Å². The van der Waals surface area contributed by atoms with Gasteiger partial charge in [-0.3, -0.25) is 9.59 Å². The molecule has 0 unspecified atom stereocenters. The number of piperidine rings is 1. The van der Waals surface area contributed by atoms with Crippen molar-refractivity contribution in [1.82, 2.24) is 14.8 Å². The molecule has 132 valence electrons. The fraction of sp³-hybridized carbons (Fsp3) is 0.706. The Hall–Kier alpha value is -1.47. The van der Waals surface area contributed by atoms with Crippen LogP contribution in [0.15, 0.2) is 5.38 Å². The van der Waals surface area contributed by atoms with Crippen LogP contribution in [-0.2, 0) is 20.9 Å². The van der Waals surface area contributed by atoms with Gasteiger partial charge in [-0.15, -0.1) is 11.3 Å². The van der Waals surface area contributed by atoms with Gasteiger partial charge in [0.15, 0.2) is 0 Å². The fourth-order valence-corrected chi connectivity index (χ4v) is 4.39. The summed E-state index contributed by atoms with van der Waals surface area (Å²) in [5.74, 6) is 0.287. The van der Waals surface area contributed by atoms with Crippen molar-refractivity contribution in [1.29, 1.82) is 0 Å². The molecule has 2 aliphatic rings. The summed E-state index contributed by atoms with van der Waals surface area (Å²) in [7, 11) is 1.60. The van der Waals surface area contributed by atoms with E-state index in [-0.39, 0.29) is 17.2 Å². The standard InChI is InChI=1S/C17H25N3O3S/c1-13-18-14(11-24-13)10-19-8-6-17(16(19)22)5-3-7-20(12-17)15(21)4-9-23-2/h11H,3-10,12H2,1-2H3/t17-/m1/s1. The van der Waals surface area contributed by atoms with Crippen molar-refractivity contribution >= 4 is 23.2 Å². The van der Waals surface area contributed by atoms with Gasteiger partial charge in [-0.25, -0.2) is 4.98 Å². The summed E-state index contributed by atoms with van der Waals surface area (Å²) in [5, 5.41) is 3.05. The highest BCUT2D eigenvalue weighted by Gasteiger charge is 2.49. The molecule has 24 heavy (non-hydrogen) atoms. The average molecular weight is 351 g/mol. The van der Waals surface area contributed by atoms with E-state index in [4.69, 9.17) is 4.74 Å². The van der Waals surface area contributed by atoms with E-state index < -0.39 is 0 Å². The lowest BCUT2D eigenvalue weighted by Crippen LogP contribution is -2.49. The molecule has 7 heteroatoms. The topological polar surface area (TPSA) is 62.7 Å². The molecule has 2 amide bonds. The monoisotopic (exact) mass is 351 g/mol. The van der Waals surface area contributed by atoms with Crippen LogP contribution in [0.3, 0.4) is 0 Å². The maximum absolute atomic E-state index is 13.0. The summed E-state index contributed by atoms with van der Waals surface area (Å²) in [6.07, 6.45) is 3.01. The number of methoxy groups -OCH3 is 1. The Bertz CT molecular complexity index is 618. The van der Waals surface area contributed by atoms with Crippen LogP contribution in [0, 0.1) is 12.3 Å². The number of amides is 2. The first-order valence-corrected chi connectivity index (χ1v) is 9.39. The number of likely N-dealkylation sites (tertiary alicyclic amines) is 2. The number of hydrogen-bond acceptors (Lipinski definition) is 5. The summed E-state index contributed by atoms with van der Waals surface area (Å²) >= 11 is 1.61. The van der Waals surface area contributed by atoms with E-state index in [9.17, 15) is 9.59 Å². The predicted molar refractivity (Wildman–Crippen MR) is 91.6 cm³/mol. The van der Waals surface area contributed by atoms with E-state index in [0.29, 0.717) is 26.1 Å². The Kier molecular flexibility index (Phi) is 5.20. The second-order valence-corrected chi connectivity index (χ2v) is 7.84. The maximum atomic E-state index is 13.0. The first-order valence-electron chi connectivity index (χ1n) is 8.51. The minimum atomic E-state index is -0.383. The number of rotatable bonds is 5. The molecule has 2 saturated heterocycles. The third-order valence-electron chi connectivity index (χ3n) is 5.07. The van der Waals surface area contributed by atoms with Gasteiger partial charge >= 0.3 is 0 Å². The van der Waals surface area contributed by atoms with Gasteiger partial charge in [0.25, 0.3) is 0 Å². The molecule has 1 spiro atoms. The Morgan fingerprint density at radius 3 is 2.96 bits per heavy atom. The highest BCUT2D eigenvalue weighted by atomic mass is 32.1. The second kappa shape index (κ2) is 7.19. The van der Waals surface area contributed by atoms with E-state index in [1.54, 1.807) is 18.4 Å². The molecule has 0 radical (unpaired) electrons. The van der Waals surface area contributed by atoms with Gasteiger partial charge in [-0.2, -0.15) is 0 Å². The molecule has 0 saturated carbocycles. The average Bonchev–Trinajstić information content (AvgIpc) is 3.12. The molecular weight excluding hydrogens is 326 g/mol. The summed E-state index contributed by atoms with van der Waals surface area (Å²) in [4.78, 5) is 33.5. The lowest BCUT2D eigenvalue weighted by Gasteiger charge is -2.39. The molecule has 0 N–H and O–H groups in total. The zero-order valence-electron chi connectivity index (χ0n) is 14.4. The van der Waals surface area contributed by atoms with Crippen molar-refractivity contribution < 1.29 is 14.3 Å². The molecule has 1 aromatic heterocycles. The molecule has 3 heterocycles. The van der Waals surface area contributed by atoms with Crippen molar-refractivity contribution in [2.75, 3.05) is 33.4 Å². The molecule has 3 rings (SSSR count). The number of aryl methyl sites for hydroxylation is 1. The molecule has 0 aromatic carbocycles. The quantitative estimate of drug-likeness (QED) is 0.812. The van der Waals surface area contributed by atoms with Gasteiger partial charge in [-0.05, 0) is 26.2 Å². The van der Waals surface area contributed by atoms with Crippen LogP contribution < -0.4 is 0 Å². The second-order valence-electron chi connectivity index (χ2n) is 6.78. The van der Waals surface area contributed by atoms with Crippen molar-refractivity contribution in [2.24, 2.45) is 5.41 Å². The van der Waals surface area contributed by atoms with Crippen LogP contribution >= 0.6 is 11.3 Å². The third kappa shape index (κ3) is 3.47. The normalized spacial score (nSPS) is 24.2. The summed E-state index contributed by atoms with van der Waals surface area (Å²) in [6, 6.07) is 0. The molecule has 0 aliphatic carbocycles. The van der Waals surface area contributed by atoms with Gasteiger partial charge < -0.3 is 14.5 Å². The molecule has 1 atom stereocenters. The first-order chi connectivity index (χ1) is 11.5. The highest BCUT2D eigenvalue weighted by molar-refractivity contribution is 7.09. The van der Waals surface area contributed by atoms with Crippen LogP contribution in [0.25, 0.3) is 0 Å². The number of ether oxygens (including phenoxy) is 1. The zero-order chi connectivity index (χ0) is 17.2. The van der Waals surface area contributed by atoms with Crippen LogP contribution in [0.5, 0.6) is 0 Å². The van der Waals surface area contributed by atoms with E-state index in [1.165, 1.54) is 0 Å². The van der Waals surface area contributed by atoms with Gasteiger partial charge in [-0.1, -0.05) is 0 Å². The van der Waals surface area contributed by atoms with E-state index in [0.717, 1.165) is 43.1 Å². The minimum Gasteiger partial charge on any atom is -0.384 e. The van der Waals surface area contributed by atoms with Crippen molar-refractivity contribution in [3.8, 4) is 0 Å². The third-order valence-corrected chi connectivity index (χ3v) is 5.89. The molecule has 0 bridgehead atoms. The molecule has 6 nitrogen and oxygen atoms in total. The Morgan fingerprint density at radius 2 is 2.25 bits per heavy atom. The van der Waals surface area contributed by atoms with E-state index >= 15 is 0 Å². The van der Waals surface area contributed by atoms with E-state index in [1.807, 2.05) is 22.1 Å². The van der Waals surface area contributed by atoms with Gasteiger partial charge in [0.2, 0.25) is 11.8 Å².